The highest BCUT2D eigenvalue weighted by atomic mass is 16.6. The van der Waals surface area contributed by atoms with Gasteiger partial charge in [0.15, 0.2) is 0 Å². The lowest BCUT2D eigenvalue weighted by molar-refractivity contribution is 0.0171. The summed E-state index contributed by atoms with van der Waals surface area (Å²) >= 11 is 0. The maximum atomic E-state index is 12.6. The minimum Gasteiger partial charge on any atom is -0.508 e. The number of amides is 1. The first-order valence-corrected chi connectivity index (χ1v) is 11.6. The van der Waals surface area contributed by atoms with Gasteiger partial charge in [0.1, 0.15) is 23.5 Å². The minimum absolute atomic E-state index is 0.133. The summed E-state index contributed by atoms with van der Waals surface area (Å²) in [6.45, 7) is 10.0. The molecule has 3 aliphatic rings. The molecule has 2 aromatic rings. The predicted octanol–water partition coefficient (Wildman–Crippen LogP) is 4.65. The summed E-state index contributed by atoms with van der Waals surface area (Å²) in [4.78, 5) is 26.0. The van der Waals surface area contributed by atoms with Crippen LogP contribution in [0.5, 0.6) is 5.75 Å². The minimum atomic E-state index is -0.501. The van der Waals surface area contributed by atoms with Crippen molar-refractivity contribution in [3.63, 3.8) is 0 Å². The van der Waals surface area contributed by atoms with Crippen molar-refractivity contribution in [2.24, 2.45) is 0 Å². The van der Waals surface area contributed by atoms with Gasteiger partial charge in [-0.3, -0.25) is 0 Å². The number of benzene rings is 1. The number of aryl methyl sites for hydroxylation is 1. The summed E-state index contributed by atoms with van der Waals surface area (Å²) in [5.74, 6) is 1.71. The van der Waals surface area contributed by atoms with Crippen molar-refractivity contribution in [1.82, 2.24) is 14.9 Å². The van der Waals surface area contributed by atoms with Crippen molar-refractivity contribution >= 4 is 17.6 Å². The van der Waals surface area contributed by atoms with E-state index in [0.29, 0.717) is 19.0 Å². The normalized spacial score (nSPS) is 21.6. The van der Waals surface area contributed by atoms with Crippen LogP contribution >= 0.6 is 0 Å². The monoisotopic (exact) mass is 436 g/mol. The molecule has 32 heavy (non-hydrogen) atoms. The van der Waals surface area contributed by atoms with E-state index >= 15 is 0 Å². The van der Waals surface area contributed by atoms with Gasteiger partial charge in [0.25, 0.3) is 0 Å². The van der Waals surface area contributed by atoms with E-state index in [4.69, 9.17) is 9.72 Å². The maximum Gasteiger partial charge on any atom is 0.410 e. The highest BCUT2D eigenvalue weighted by Gasteiger charge is 2.47. The Balaban J connectivity index is 1.47. The van der Waals surface area contributed by atoms with Crippen molar-refractivity contribution in [2.75, 3.05) is 24.5 Å². The molecule has 5 rings (SSSR count). The van der Waals surface area contributed by atoms with Crippen LogP contribution in [-0.4, -0.2) is 51.3 Å². The molecule has 170 valence electrons. The molecule has 7 nitrogen and oxygen atoms in total. The molecule has 1 saturated heterocycles. The third kappa shape index (κ3) is 3.48. The number of piperidine rings is 1. The number of rotatable bonds is 1. The second-order valence-corrected chi connectivity index (χ2v) is 10.5. The fourth-order valence-electron chi connectivity index (χ4n) is 5.56. The molecule has 1 amide bonds. The number of anilines is 2. The molecule has 1 fully saturated rings. The number of phenols is 1. The van der Waals surface area contributed by atoms with E-state index in [1.165, 1.54) is 5.56 Å². The van der Waals surface area contributed by atoms with E-state index in [1.54, 1.807) is 12.4 Å². The molecular formula is C25H32N4O3. The van der Waals surface area contributed by atoms with E-state index in [1.807, 2.05) is 37.8 Å². The molecule has 1 aliphatic carbocycles. The van der Waals surface area contributed by atoms with Crippen molar-refractivity contribution in [2.45, 2.75) is 70.3 Å². The summed E-state index contributed by atoms with van der Waals surface area (Å²) < 4.78 is 5.59. The number of hydrogen-bond acceptors (Lipinski definition) is 6. The van der Waals surface area contributed by atoms with Crippen LogP contribution in [0.4, 0.5) is 16.3 Å². The summed E-state index contributed by atoms with van der Waals surface area (Å²) in [6, 6.07) is 5.67. The number of fused-ring (bicyclic) bond motifs is 3. The van der Waals surface area contributed by atoms with Crippen LogP contribution in [0.3, 0.4) is 0 Å². The largest absolute Gasteiger partial charge is 0.508 e. The van der Waals surface area contributed by atoms with Gasteiger partial charge in [-0.15, -0.1) is 0 Å². The van der Waals surface area contributed by atoms with E-state index in [9.17, 15) is 9.90 Å². The molecule has 0 radical (unpaired) electrons. The Morgan fingerprint density at radius 2 is 1.97 bits per heavy atom. The van der Waals surface area contributed by atoms with Crippen LogP contribution in [0.1, 0.15) is 69.7 Å². The van der Waals surface area contributed by atoms with Gasteiger partial charge in [-0.2, -0.15) is 0 Å². The van der Waals surface area contributed by atoms with Crippen molar-refractivity contribution in [1.29, 1.82) is 0 Å². The Kier molecular flexibility index (Phi) is 4.84. The summed E-state index contributed by atoms with van der Waals surface area (Å²) in [7, 11) is 0. The number of likely N-dealkylation sites (tertiary alicyclic amines) is 1. The number of aromatic nitrogens is 2. The average molecular weight is 437 g/mol. The van der Waals surface area contributed by atoms with Crippen LogP contribution in [0.2, 0.25) is 0 Å². The third-order valence-corrected chi connectivity index (χ3v) is 7.18. The molecule has 1 aromatic carbocycles. The van der Waals surface area contributed by atoms with Crippen LogP contribution in [0, 0.1) is 0 Å². The molecule has 2 aliphatic heterocycles. The second-order valence-electron chi connectivity index (χ2n) is 10.5. The topological polar surface area (TPSA) is 78.8 Å². The molecule has 1 aromatic heterocycles. The van der Waals surface area contributed by atoms with Gasteiger partial charge in [-0.25, -0.2) is 14.8 Å². The Morgan fingerprint density at radius 3 is 2.69 bits per heavy atom. The van der Waals surface area contributed by atoms with Crippen LogP contribution < -0.4 is 4.90 Å². The zero-order valence-corrected chi connectivity index (χ0v) is 19.4. The van der Waals surface area contributed by atoms with E-state index in [0.717, 1.165) is 55.0 Å². The number of carbonyl (C=O) groups excluding carboxylic acids is 1. The molecule has 1 atom stereocenters. The van der Waals surface area contributed by atoms with Crippen LogP contribution in [0.15, 0.2) is 24.5 Å². The molecule has 3 heterocycles. The number of ether oxygens (including phenoxy) is 1. The average Bonchev–Trinajstić information content (AvgIpc) is 3.26. The maximum absolute atomic E-state index is 12.6. The smallest absolute Gasteiger partial charge is 0.410 e. The standard InChI is InChI=1S/C25H32N4O3/c1-16-5-7-19-21(16)22(27-15-26-19)29-14-25(18-13-17(30)6-8-20(18)29)9-11-28(12-10-25)23(31)32-24(2,3)4/h6,8,13,15-16,30H,5,7,9-12,14H2,1-4H3/t16-/m1/s1. The van der Waals surface area contributed by atoms with E-state index in [-0.39, 0.29) is 17.3 Å². The number of hydrogen-bond donors (Lipinski definition) is 1. The Bertz CT molecular complexity index is 1050. The molecule has 7 heteroatoms. The fraction of sp³-hybridized carbons (Fsp3) is 0.560. The first kappa shape index (κ1) is 21.0. The third-order valence-electron chi connectivity index (χ3n) is 7.18. The highest BCUT2D eigenvalue weighted by molar-refractivity contribution is 5.75. The van der Waals surface area contributed by atoms with Gasteiger partial charge in [0.05, 0.1) is 0 Å². The Morgan fingerprint density at radius 1 is 1.22 bits per heavy atom. The van der Waals surface area contributed by atoms with Gasteiger partial charge >= 0.3 is 6.09 Å². The van der Waals surface area contributed by atoms with Crippen molar-refractivity contribution in [3.8, 4) is 5.75 Å². The lowest BCUT2D eigenvalue weighted by Gasteiger charge is -2.40. The van der Waals surface area contributed by atoms with Gasteiger partial charge in [0.2, 0.25) is 0 Å². The quantitative estimate of drug-likeness (QED) is 0.701. The number of nitrogens with zero attached hydrogens (tertiary/aromatic N) is 4. The molecule has 0 saturated carbocycles. The lowest BCUT2D eigenvalue weighted by Crippen LogP contribution is -2.48. The van der Waals surface area contributed by atoms with Gasteiger partial charge in [0, 0.05) is 42.0 Å². The van der Waals surface area contributed by atoms with E-state index < -0.39 is 5.60 Å². The predicted molar refractivity (Wildman–Crippen MR) is 123 cm³/mol. The summed E-state index contributed by atoms with van der Waals surface area (Å²) in [6.07, 6.45) is 5.18. The number of carbonyl (C=O) groups is 1. The molecule has 0 bridgehead atoms. The lowest BCUT2D eigenvalue weighted by atomic mass is 9.74. The fourth-order valence-corrected chi connectivity index (χ4v) is 5.56. The molecule has 0 unspecified atom stereocenters. The van der Waals surface area contributed by atoms with Crippen LogP contribution in [0.25, 0.3) is 0 Å². The van der Waals surface area contributed by atoms with Crippen molar-refractivity contribution in [3.05, 3.63) is 41.3 Å². The summed E-state index contributed by atoms with van der Waals surface area (Å²) in [5.41, 5.74) is 4.04. The van der Waals surface area contributed by atoms with Crippen molar-refractivity contribution < 1.29 is 14.6 Å². The summed E-state index contributed by atoms with van der Waals surface area (Å²) in [5, 5.41) is 10.3. The van der Waals surface area contributed by atoms with Gasteiger partial charge < -0.3 is 19.6 Å². The molecule has 1 N–H and O–H groups in total. The SMILES string of the molecule is C[C@@H]1CCc2ncnc(N3CC4(CCN(C(=O)OC(C)(C)C)CC4)c4cc(O)ccc43)c21. The van der Waals surface area contributed by atoms with Crippen LogP contribution in [-0.2, 0) is 16.6 Å². The highest BCUT2D eigenvalue weighted by Crippen LogP contribution is 2.52. The molecule has 1 spiro atoms. The number of phenolic OH excluding ortho intramolecular Hbond substituents is 1. The zero-order valence-electron chi connectivity index (χ0n) is 19.4. The zero-order chi connectivity index (χ0) is 22.7. The molecular weight excluding hydrogens is 404 g/mol. The Hall–Kier alpha value is -2.83. The Labute approximate surface area is 189 Å². The first-order chi connectivity index (χ1) is 15.2. The van der Waals surface area contributed by atoms with E-state index in [2.05, 4.69) is 16.8 Å². The van der Waals surface area contributed by atoms with Gasteiger partial charge in [-0.1, -0.05) is 6.92 Å². The first-order valence-electron chi connectivity index (χ1n) is 11.6. The number of aromatic hydroxyl groups is 1. The van der Waals surface area contributed by atoms with Gasteiger partial charge in [-0.05, 0) is 76.1 Å². The second kappa shape index (κ2) is 7.36.